The Bertz CT molecular complexity index is 289. The van der Waals surface area contributed by atoms with Crippen LogP contribution in [0, 0.1) is 5.92 Å². The van der Waals surface area contributed by atoms with Gasteiger partial charge < -0.3 is 4.43 Å². The average Bonchev–Trinajstić information content (AvgIpc) is 2.12. The van der Waals surface area contributed by atoms with Crippen LogP contribution in [0.4, 0.5) is 0 Å². The van der Waals surface area contributed by atoms with Gasteiger partial charge in [0.2, 0.25) is 0 Å². The molecule has 0 aliphatic carbocycles. The van der Waals surface area contributed by atoms with Gasteiger partial charge in [0.05, 0.1) is 6.61 Å². The molecule has 0 saturated heterocycles. The lowest BCUT2D eigenvalue weighted by Gasteiger charge is -2.36. The van der Waals surface area contributed by atoms with Gasteiger partial charge in [-0.2, -0.15) is 0 Å². The molecule has 0 unspecified atom stereocenters. The molecule has 0 rings (SSSR count). The minimum absolute atomic E-state index is 0.287. The normalized spacial score (nSPS) is 12.5. The average molecular weight is 254 g/mol. The van der Waals surface area contributed by atoms with Crippen LogP contribution in [0.25, 0.3) is 0 Å². The highest BCUT2D eigenvalue weighted by Gasteiger charge is 2.36. The van der Waals surface area contributed by atoms with Gasteiger partial charge in [0.15, 0.2) is 8.32 Å². The zero-order valence-electron chi connectivity index (χ0n) is 13.0. The minimum Gasteiger partial charge on any atom is -0.412 e. The summed E-state index contributed by atoms with van der Waals surface area (Å²) in [5.41, 5.74) is 4.53. The lowest BCUT2D eigenvalue weighted by Crippen LogP contribution is -2.41. The molecule has 0 N–H and O–H groups in total. The van der Waals surface area contributed by atoms with E-state index in [1.807, 2.05) is 0 Å². The third-order valence-corrected chi connectivity index (χ3v) is 7.87. The summed E-state index contributed by atoms with van der Waals surface area (Å²) < 4.78 is 6.13. The molecule has 0 fully saturated rings. The Morgan fingerprint density at radius 3 is 2.24 bits per heavy atom. The molecule has 0 spiro atoms. The van der Waals surface area contributed by atoms with E-state index < -0.39 is 8.32 Å². The van der Waals surface area contributed by atoms with Crippen LogP contribution in [0.15, 0.2) is 17.4 Å². The van der Waals surface area contributed by atoms with Gasteiger partial charge in [-0.05, 0) is 49.0 Å². The first kappa shape index (κ1) is 16.7. The van der Waals surface area contributed by atoms with Crippen molar-refractivity contribution < 1.29 is 4.43 Å². The van der Waals surface area contributed by atoms with E-state index in [1.54, 1.807) is 0 Å². The fourth-order valence-electron chi connectivity index (χ4n) is 1.02. The topological polar surface area (TPSA) is 9.23 Å². The van der Waals surface area contributed by atoms with E-state index >= 15 is 0 Å². The maximum atomic E-state index is 6.13. The van der Waals surface area contributed by atoms with E-state index in [0.29, 0.717) is 5.92 Å². The van der Waals surface area contributed by atoms with Crippen LogP contribution in [0.3, 0.4) is 0 Å². The second-order valence-corrected chi connectivity index (χ2v) is 11.6. The monoisotopic (exact) mass is 254 g/mol. The second kappa shape index (κ2) is 6.58. The molecule has 0 saturated carbocycles. The van der Waals surface area contributed by atoms with Crippen molar-refractivity contribution in [2.75, 3.05) is 6.61 Å². The maximum Gasteiger partial charge on any atom is 0.192 e. The fourth-order valence-corrected chi connectivity index (χ4v) is 2.03. The minimum atomic E-state index is -1.60. The zero-order valence-corrected chi connectivity index (χ0v) is 14.0. The summed E-state index contributed by atoms with van der Waals surface area (Å²) >= 11 is 0. The Hall–Kier alpha value is -0.303. The quantitative estimate of drug-likeness (QED) is 0.486. The second-order valence-electron chi connectivity index (χ2n) is 6.81. The summed E-state index contributed by atoms with van der Waals surface area (Å²) in [6, 6.07) is 0. The molecule has 0 heterocycles. The van der Waals surface area contributed by atoms with E-state index in [2.05, 4.69) is 66.4 Å². The highest BCUT2D eigenvalue weighted by atomic mass is 28.4. The number of hydrogen-bond acceptors (Lipinski definition) is 1. The van der Waals surface area contributed by atoms with Crippen LogP contribution in [0.1, 0.15) is 48.0 Å². The van der Waals surface area contributed by atoms with Crippen LogP contribution < -0.4 is 0 Å². The summed E-state index contributed by atoms with van der Waals surface area (Å²) in [7, 11) is -1.60. The Labute approximate surface area is 109 Å². The molecule has 0 bridgehead atoms. The maximum absolute atomic E-state index is 6.13. The highest BCUT2D eigenvalue weighted by Crippen LogP contribution is 2.36. The van der Waals surface area contributed by atoms with E-state index in [4.69, 9.17) is 4.43 Å². The van der Waals surface area contributed by atoms with Crippen molar-refractivity contribution in [2.45, 2.75) is 66.1 Å². The van der Waals surface area contributed by atoms with Gasteiger partial charge in [-0.1, -0.05) is 34.6 Å². The first-order valence-corrected chi connectivity index (χ1v) is 9.51. The fraction of sp³-hybridized carbons (Fsp3) is 0.800. The van der Waals surface area contributed by atoms with Gasteiger partial charge in [-0.15, -0.1) is 5.73 Å². The van der Waals surface area contributed by atoms with Gasteiger partial charge in [-0.3, -0.25) is 0 Å². The summed E-state index contributed by atoms with van der Waals surface area (Å²) in [4.78, 5) is 0. The molecule has 0 atom stereocenters. The first-order chi connectivity index (χ1) is 7.56. The van der Waals surface area contributed by atoms with Crippen LogP contribution in [-0.2, 0) is 4.43 Å². The SMILES string of the molecule is CC(=C=CCC(C)C)CO[Si](C)(C)C(C)(C)C. The molecule has 2 heteroatoms. The van der Waals surface area contributed by atoms with Crippen LogP contribution >= 0.6 is 0 Å². The smallest absolute Gasteiger partial charge is 0.192 e. The molecule has 0 aliphatic heterocycles. The standard InChI is InChI=1S/C15H30OSi/c1-13(2)10-9-11-14(3)12-16-17(7,8)15(4,5)6/h9,13H,10,12H2,1-8H3. The summed E-state index contributed by atoms with van der Waals surface area (Å²) in [6.07, 6.45) is 3.23. The molecule has 1 nitrogen and oxygen atoms in total. The van der Waals surface area contributed by atoms with Crippen molar-refractivity contribution in [2.24, 2.45) is 5.92 Å². The lowest BCUT2D eigenvalue weighted by atomic mass is 10.1. The summed E-state index contributed by atoms with van der Waals surface area (Å²) in [5.74, 6) is 0.705. The highest BCUT2D eigenvalue weighted by molar-refractivity contribution is 6.74. The number of hydrogen-bond donors (Lipinski definition) is 0. The Kier molecular flexibility index (Phi) is 6.46. The lowest BCUT2D eigenvalue weighted by molar-refractivity contribution is 0.319. The van der Waals surface area contributed by atoms with E-state index in [1.165, 1.54) is 5.57 Å². The molecule has 0 radical (unpaired) electrons. The van der Waals surface area contributed by atoms with Crippen LogP contribution in [0.5, 0.6) is 0 Å². The molecule has 100 valence electrons. The van der Waals surface area contributed by atoms with E-state index in [-0.39, 0.29) is 5.04 Å². The molecular formula is C15H30OSi. The predicted octanol–water partition coefficient (Wildman–Crippen LogP) is 5.16. The molecule has 0 aromatic heterocycles. The molecule has 17 heavy (non-hydrogen) atoms. The van der Waals surface area contributed by atoms with Gasteiger partial charge in [0.25, 0.3) is 0 Å². The van der Waals surface area contributed by atoms with Gasteiger partial charge in [0, 0.05) is 0 Å². The first-order valence-electron chi connectivity index (χ1n) is 6.61. The van der Waals surface area contributed by atoms with Crippen molar-refractivity contribution in [3.8, 4) is 0 Å². The molecular weight excluding hydrogens is 224 g/mol. The van der Waals surface area contributed by atoms with Crippen LogP contribution in [-0.4, -0.2) is 14.9 Å². The predicted molar refractivity (Wildman–Crippen MR) is 79.9 cm³/mol. The molecule has 0 aromatic carbocycles. The van der Waals surface area contributed by atoms with Crippen molar-refractivity contribution in [3.05, 3.63) is 17.4 Å². The third kappa shape index (κ3) is 6.87. The van der Waals surface area contributed by atoms with Gasteiger partial charge in [0.1, 0.15) is 0 Å². The van der Waals surface area contributed by atoms with E-state index in [9.17, 15) is 0 Å². The Morgan fingerprint density at radius 2 is 1.82 bits per heavy atom. The molecule has 0 aromatic rings. The molecule has 0 aliphatic rings. The van der Waals surface area contributed by atoms with Crippen molar-refractivity contribution in [3.63, 3.8) is 0 Å². The summed E-state index contributed by atoms with van der Waals surface area (Å²) in [5, 5.41) is 0.287. The molecule has 0 amide bonds. The Morgan fingerprint density at radius 1 is 1.29 bits per heavy atom. The van der Waals surface area contributed by atoms with Crippen LogP contribution in [0.2, 0.25) is 18.1 Å². The zero-order chi connectivity index (χ0) is 13.7. The van der Waals surface area contributed by atoms with Crippen molar-refractivity contribution >= 4 is 8.32 Å². The van der Waals surface area contributed by atoms with Gasteiger partial charge in [-0.25, -0.2) is 0 Å². The van der Waals surface area contributed by atoms with Gasteiger partial charge >= 0.3 is 0 Å². The van der Waals surface area contributed by atoms with Crippen molar-refractivity contribution in [1.29, 1.82) is 0 Å². The Balaban J connectivity index is 4.34. The number of rotatable bonds is 5. The van der Waals surface area contributed by atoms with Crippen molar-refractivity contribution in [1.82, 2.24) is 0 Å². The third-order valence-electron chi connectivity index (χ3n) is 3.39. The largest absolute Gasteiger partial charge is 0.412 e. The van der Waals surface area contributed by atoms with E-state index in [0.717, 1.165) is 13.0 Å². The summed E-state index contributed by atoms with van der Waals surface area (Å²) in [6.45, 7) is 18.7.